The first-order valence-electron chi connectivity index (χ1n) is 4.22. The average molecular weight is 185 g/mol. The van der Waals surface area contributed by atoms with Crippen molar-refractivity contribution >= 4 is 12.2 Å². The second-order valence-electron chi connectivity index (χ2n) is 2.93. The maximum Gasteiger partial charge on any atom is 0.174 e. The van der Waals surface area contributed by atoms with Gasteiger partial charge in [0.2, 0.25) is 0 Å². The van der Waals surface area contributed by atoms with Gasteiger partial charge in [0, 0.05) is 11.4 Å². The molecule has 0 atom stereocenters. The highest BCUT2D eigenvalue weighted by atomic mass is 32.1. The van der Waals surface area contributed by atoms with Crippen LogP contribution in [0.4, 0.5) is 0 Å². The Morgan fingerprint density at radius 3 is 2.58 bits per heavy atom. The molecule has 4 N–H and O–H groups in total. The van der Waals surface area contributed by atoms with Crippen LogP contribution in [0.5, 0.6) is 0 Å². The van der Waals surface area contributed by atoms with E-state index in [4.69, 9.17) is 18.0 Å². The van der Waals surface area contributed by atoms with Gasteiger partial charge in [-0.05, 0) is 44.9 Å². The van der Waals surface area contributed by atoms with Crippen LogP contribution in [-0.2, 0) is 6.42 Å². The Kier molecular flexibility index (Phi) is 3.49. The lowest BCUT2D eigenvalue weighted by molar-refractivity contribution is 0.732. The van der Waals surface area contributed by atoms with Crippen molar-refractivity contribution in [2.75, 3.05) is 6.54 Å². The molecule has 0 radical (unpaired) electrons. The minimum Gasteiger partial charge on any atom is -0.335 e. The molecule has 0 aromatic carbocycles. The van der Waals surface area contributed by atoms with E-state index in [1.165, 1.54) is 5.69 Å². The van der Waals surface area contributed by atoms with E-state index in [-0.39, 0.29) is 0 Å². The van der Waals surface area contributed by atoms with Crippen molar-refractivity contribution in [2.24, 2.45) is 5.73 Å². The van der Waals surface area contributed by atoms with Gasteiger partial charge in [-0.3, -0.25) is 0 Å². The van der Waals surface area contributed by atoms with Gasteiger partial charge in [0.15, 0.2) is 4.77 Å². The first-order chi connectivity index (χ1) is 5.74. The van der Waals surface area contributed by atoms with Crippen molar-refractivity contribution in [1.82, 2.24) is 9.97 Å². The summed E-state index contributed by atoms with van der Waals surface area (Å²) >= 11 is 4.96. The number of aromatic amines is 2. The molecule has 0 aliphatic rings. The zero-order valence-electron chi connectivity index (χ0n) is 7.31. The van der Waals surface area contributed by atoms with Gasteiger partial charge in [-0.2, -0.15) is 0 Å². The Morgan fingerprint density at radius 2 is 2.08 bits per heavy atom. The number of nitrogens with one attached hydrogen (secondary N) is 2. The van der Waals surface area contributed by atoms with Crippen molar-refractivity contribution in [2.45, 2.75) is 26.2 Å². The van der Waals surface area contributed by atoms with E-state index in [0.29, 0.717) is 0 Å². The Labute approximate surface area is 77.4 Å². The summed E-state index contributed by atoms with van der Waals surface area (Å²) in [6.07, 6.45) is 3.24. The fraction of sp³-hybridized carbons (Fsp3) is 0.625. The van der Waals surface area contributed by atoms with Crippen molar-refractivity contribution < 1.29 is 0 Å². The summed E-state index contributed by atoms with van der Waals surface area (Å²) in [5.41, 5.74) is 7.76. The van der Waals surface area contributed by atoms with E-state index in [0.717, 1.165) is 36.3 Å². The topological polar surface area (TPSA) is 57.6 Å². The molecular formula is C8H15N3S. The number of imidazole rings is 1. The molecule has 1 heterocycles. The highest BCUT2D eigenvalue weighted by Gasteiger charge is 1.99. The first kappa shape index (κ1) is 9.48. The molecule has 0 aliphatic heterocycles. The van der Waals surface area contributed by atoms with Gasteiger partial charge in [0.05, 0.1) is 0 Å². The molecule has 3 nitrogen and oxygen atoms in total. The van der Waals surface area contributed by atoms with Crippen LogP contribution in [-0.4, -0.2) is 16.5 Å². The smallest absolute Gasteiger partial charge is 0.174 e. The number of nitrogens with two attached hydrogens (primary N) is 1. The van der Waals surface area contributed by atoms with Crippen LogP contribution < -0.4 is 5.73 Å². The molecule has 0 saturated carbocycles. The molecule has 12 heavy (non-hydrogen) atoms. The summed E-state index contributed by atoms with van der Waals surface area (Å²) in [4.78, 5) is 6.18. The summed E-state index contributed by atoms with van der Waals surface area (Å²) in [5, 5.41) is 0. The second kappa shape index (κ2) is 4.42. The van der Waals surface area contributed by atoms with Crippen molar-refractivity contribution in [3.05, 3.63) is 16.2 Å². The van der Waals surface area contributed by atoms with Gasteiger partial charge >= 0.3 is 0 Å². The molecule has 0 spiro atoms. The normalized spacial score (nSPS) is 10.5. The molecule has 0 bridgehead atoms. The lowest BCUT2D eigenvalue weighted by atomic mass is 10.2. The number of H-pyrrole nitrogens is 2. The molecular weight excluding hydrogens is 170 g/mol. The minimum atomic E-state index is 0.718. The van der Waals surface area contributed by atoms with E-state index < -0.39 is 0 Å². The van der Waals surface area contributed by atoms with Crippen LogP contribution in [0.3, 0.4) is 0 Å². The van der Waals surface area contributed by atoms with Crippen molar-refractivity contribution in [1.29, 1.82) is 0 Å². The third-order valence-corrected chi connectivity index (χ3v) is 2.10. The predicted molar refractivity (Wildman–Crippen MR) is 52.7 cm³/mol. The van der Waals surface area contributed by atoms with E-state index in [9.17, 15) is 0 Å². The van der Waals surface area contributed by atoms with E-state index >= 15 is 0 Å². The summed E-state index contributed by atoms with van der Waals surface area (Å²) < 4.78 is 0.718. The Hall–Kier alpha value is -0.610. The Bertz CT molecular complexity index is 287. The monoisotopic (exact) mass is 185 g/mol. The highest BCUT2D eigenvalue weighted by Crippen LogP contribution is 2.06. The fourth-order valence-corrected chi connectivity index (χ4v) is 1.48. The maximum absolute atomic E-state index is 5.40. The molecule has 0 unspecified atom stereocenters. The third-order valence-electron chi connectivity index (χ3n) is 1.90. The molecule has 0 aliphatic carbocycles. The zero-order valence-corrected chi connectivity index (χ0v) is 8.13. The predicted octanol–water partition coefficient (Wildman–Crippen LogP) is 1.66. The molecule has 1 aromatic heterocycles. The van der Waals surface area contributed by atoms with Gasteiger partial charge in [-0.15, -0.1) is 0 Å². The fourth-order valence-electron chi connectivity index (χ4n) is 1.20. The highest BCUT2D eigenvalue weighted by molar-refractivity contribution is 7.71. The summed E-state index contributed by atoms with van der Waals surface area (Å²) in [5.74, 6) is 0. The minimum absolute atomic E-state index is 0.718. The molecule has 1 aromatic rings. The van der Waals surface area contributed by atoms with Crippen LogP contribution in [0.15, 0.2) is 0 Å². The standard InChI is InChI=1S/C8H15N3S/c1-6-7(4-2-3-5-9)11-8(12)10-6/h2-5,9H2,1H3,(H2,10,11,12). The molecule has 0 saturated heterocycles. The van der Waals surface area contributed by atoms with Crippen molar-refractivity contribution in [3.63, 3.8) is 0 Å². The zero-order chi connectivity index (χ0) is 8.97. The van der Waals surface area contributed by atoms with Gasteiger partial charge < -0.3 is 15.7 Å². The molecule has 0 fully saturated rings. The number of hydrogen-bond donors (Lipinski definition) is 3. The van der Waals surface area contributed by atoms with E-state index in [1.807, 2.05) is 6.92 Å². The Morgan fingerprint density at radius 1 is 1.33 bits per heavy atom. The SMILES string of the molecule is Cc1[nH]c(=S)[nH]c1CCCCN. The van der Waals surface area contributed by atoms with Gasteiger partial charge in [-0.25, -0.2) is 0 Å². The van der Waals surface area contributed by atoms with Gasteiger partial charge in [0.25, 0.3) is 0 Å². The molecule has 1 rings (SSSR count). The van der Waals surface area contributed by atoms with Gasteiger partial charge in [0.1, 0.15) is 0 Å². The van der Waals surface area contributed by atoms with Crippen LogP contribution in [0.25, 0.3) is 0 Å². The van der Waals surface area contributed by atoms with Gasteiger partial charge in [-0.1, -0.05) is 0 Å². The summed E-state index contributed by atoms with van der Waals surface area (Å²) in [7, 11) is 0. The lowest BCUT2D eigenvalue weighted by Gasteiger charge is -1.97. The number of unbranched alkanes of at least 4 members (excludes halogenated alkanes) is 1. The van der Waals surface area contributed by atoms with Crippen LogP contribution >= 0.6 is 12.2 Å². The van der Waals surface area contributed by atoms with Crippen molar-refractivity contribution in [3.8, 4) is 0 Å². The number of hydrogen-bond acceptors (Lipinski definition) is 2. The molecule has 0 amide bonds. The third kappa shape index (κ3) is 2.46. The summed E-state index contributed by atoms with van der Waals surface area (Å²) in [6, 6.07) is 0. The largest absolute Gasteiger partial charge is 0.335 e. The second-order valence-corrected chi connectivity index (χ2v) is 3.34. The Balaban J connectivity index is 2.51. The van der Waals surface area contributed by atoms with E-state index in [1.54, 1.807) is 0 Å². The number of aromatic nitrogens is 2. The number of rotatable bonds is 4. The van der Waals surface area contributed by atoms with Crippen LogP contribution in [0, 0.1) is 11.7 Å². The maximum atomic E-state index is 5.40. The quantitative estimate of drug-likeness (QED) is 0.493. The first-order valence-corrected chi connectivity index (χ1v) is 4.62. The average Bonchev–Trinajstić information content (AvgIpc) is 2.31. The molecule has 4 heteroatoms. The van der Waals surface area contributed by atoms with E-state index in [2.05, 4.69) is 9.97 Å². The lowest BCUT2D eigenvalue weighted by Crippen LogP contribution is -1.99. The molecule has 68 valence electrons. The summed E-state index contributed by atoms with van der Waals surface area (Å²) in [6.45, 7) is 2.80. The van der Waals surface area contributed by atoms with Crippen LogP contribution in [0.2, 0.25) is 0 Å². The van der Waals surface area contributed by atoms with Crippen LogP contribution in [0.1, 0.15) is 24.2 Å². The number of aryl methyl sites for hydroxylation is 2.